The van der Waals surface area contributed by atoms with Gasteiger partial charge in [-0.25, -0.2) is 0 Å². The number of carbonyl (C=O) groups is 3. The third-order valence-electron chi connectivity index (χ3n) is 10.9. The third kappa shape index (κ3) is 47.7. The van der Waals surface area contributed by atoms with Crippen LogP contribution < -0.4 is 0 Å². The van der Waals surface area contributed by atoms with Crippen LogP contribution in [0.2, 0.25) is 0 Å². The highest BCUT2D eigenvalue weighted by Gasteiger charge is 2.19. The average molecular weight is 851 g/mol. The topological polar surface area (TPSA) is 78.9 Å². The number of allylic oxidation sites excluding steroid dienone is 12. The molecular formula is C55H94O6. The van der Waals surface area contributed by atoms with Crippen LogP contribution in [0.1, 0.15) is 239 Å². The molecule has 0 aromatic carbocycles. The third-order valence-corrected chi connectivity index (χ3v) is 10.9. The van der Waals surface area contributed by atoms with E-state index >= 15 is 0 Å². The van der Waals surface area contributed by atoms with E-state index in [1.807, 2.05) is 60.8 Å². The summed E-state index contributed by atoms with van der Waals surface area (Å²) in [5, 5.41) is 0. The van der Waals surface area contributed by atoms with Gasteiger partial charge in [0.2, 0.25) is 0 Å². The van der Waals surface area contributed by atoms with Crippen molar-refractivity contribution in [1.82, 2.24) is 0 Å². The number of ether oxygens (including phenoxy) is 3. The van der Waals surface area contributed by atoms with Gasteiger partial charge in [-0.15, -0.1) is 0 Å². The molecule has 350 valence electrons. The summed E-state index contributed by atoms with van der Waals surface area (Å²) in [5.74, 6) is -0.928. The summed E-state index contributed by atoms with van der Waals surface area (Å²) in [7, 11) is 0. The monoisotopic (exact) mass is 851 g/mol. The van der Waals surface area contributed by atoms with E-state index in [0.29, 0.717) is 19.3 Å². The van der Waals surface area contributed by atoms with Gasteiger partial charge in [0.15, 0.2) is 6.10 Å². The highest BCUT2D eigenvalue weighted by Crippen LogP contribution is 2.15. The van der Waals surface area contributed by atoms with Gasteiger partial charge in [0.25, 0.3) is 0 Å². The molecule has 0 aliphatic heterocycles. The largest absolute Gasteiger partial charge is 0.462 e. The van der Waals surface area contributed by atoms with Crippen molar-refractivity contribution >= 4 is 17.9 Å². The van der Waals surface area contributed by atoms with Gasteiger partial charge in [-0.3, -0.25) is 14.4 Å². The number of rotatable bonds is 45. The average Bonchev–Trinajstić information content (AvgIpc) is 3.26. The van der Waals surface area contributed by atoms with Crippen molar-refractivity contribution < 1.29 is 28.6 Å². The highest BCUT2D eigenvalue weighted by molar-refractivity contribution is 5.71. The van der Waals surface area contributed by atoms with E-state index in [0.717, 1.165) is 70.6 Å². The molecule has 0 aromatic heterocycles. The van der Waals surface area contributed by atoms with Gasteiger partial charge < -0.3 is 14.2 Å². The molecule has 61 heavy (non-hydrogen) atoms. The Morgan fingerprint density at radius 1 is 0.344 bits per heavy atom. The van der Waals surface area contributed by atoms with Crippen LogP contribution in [0.5, 0.6) is 0 Å². The molecule has 6 heteroatoms. The molecule has 0 amide bonds. The summed E-state index contributed by atoms with van der Waals surface area (Å²) < 4.78 is 16.8. The Kier molecular flexibility index (Phi) is 46.9. The van der Waals surface area contributed by atoms with E-state index in [2.05, 4.69) is 32.9 Å². The first-order valence-corrected chi connectivity index (χ1v) is 25.5. The predicted molar refractivity (Wildman–Crippen MR) is 261 cm³/mol. The minimum atomic E-state index is -0.789. The van der Waals surface area contributed by atoms with Crippen molar-refractivity contribution in [2.24, 2.45) is 0 Å². The lowest BCUT2D eigenvalue weighted by molar-refractivity contribution is -0.167. The van der Waals surface area contributed by atoms with Gasteiger partial charge >= 0.3 is 17.9 Å². The molecule has 0 heterocycles. The zero-order valence-corrected chi connectivity index (χ0v) is 39.9. The maximum absolute atomic E-state index is 12.8. The molecule has 1 unspecified atom stereocenters. The minimum Gasteiger partial charge on any atom is -0.462 e. The number of carbonyl (C=O) groups excluding carboxylic acids is 3. The first kappa shape index (κ1) is 57.9. The second-order valence-corrected chi connectivity index (χ2v) is 16.9. The first-order chi connectivity index (χ1) is 30.0. The summed E-state index contributed by atoms with van der Waals surface area (Å²) >= 11 is 0. The molecule has 0 aromatic rings. The first-order valence-electron chi connectivity index (χ1n) is 25.5. The van der Waals surface area contributed by atoms with Crippen LogP contribution in [0.25, 0.3) is 0 Å². The Labute approximate surface area is 376 Å². The van der Waals surface area contributed by atoms with Gasteiger partial charge in [0, 0.05) is 19.3 Å². The molecule has 0 bridgehead atoms. The smallest absolute Gasteiger partial charge is 0.306 e. The number of unbranched alkanes of at least 4 members (excludes halogenated alkanes) is 27. The van der Waals surface area contributed by atoms with Crippen LogP contribution in [0.3, 0.4) is 0 Å². The van der Waals surface area contributed by atoms with Crippen molar-refractivity contribution in [2.75, 3.05) is 13.2 Å². The fourth-order valence-corrected chi connectivity index (χ4v) is 7.06. The molecule has 0 N–H and O–H groups in total. The van der Waals surface area contributed by atoms with Crippen LogP contribution in [0.15, 0.2) is 72.9 Å². The SMILES string of the molecule is CC\C=C/C=C\C=C/C=C\C=C\C=C/CCCCCC(=O)OCC(COC(=O)CCCCCCCCCCCCC)OC(=O)CCCCCCCCCCCCCCCCC. The molecule has 0 saturated heterocycles. The molecule has 0 saturated carbocycles. The standard InChI is InChI=1S/C55H94O6/c1-4-7-10-13-16-19-22-24-26-27-29-30-33-36-39-42-45-48-54(57)60-51-52(50-59-53(56)47-44-41-38-35-32-21-18-15-12-9-6-3)61-55(58)49-46-43-40-37-34-31-28-25-23-20-17-14-11-8-5-2/h7,10,13,16,19,22,24,26-27,29-30,33,52H,4-6,8-9,11-12,14-15,17-18,20-21,23,25,28,31-32,34-51H2,1-3H3/b10-7-,16-13-,22-19-,26-24-,29-27+,33-30-. The molecule has 0 aliphatic rings. The van der Waals surface area contributed by atoms with Gasteiger partial charge in [0.1, 0.15) is 13.2 Å². The molecule has 0 radical (unpaired) electrons. The van der Waals surface area contributed by atoms with Crippen LogP contribution >= 0.6 is 0 Å². The Morgan fingerprint density at radius 3 is 1.00 bits per heavy atom. The van der Waals surface area contributed by atoms with E-state index in [4.69, 9.17) is 14.2 Å². The molecule has 0 aliphatic carbocycles. The summed E-state index contributed by atoms with van der Waals surface area (Å²) in [6.07, 6.45) is 61.6. The molecule has 0 rings (SSSR count). The maximum Gasteiger partial charge on any atom is 0.306 e. The number of esters is 3. The Bertz CT molecular complexity index is 1160. The van der Waals surface area contributed by atoms with Crippen LogP contribution in [-0.4, -0.2) is 37.2 Å². The zero-order chi connectivity index (χ0) is 44.4. The summed E-state index contributed by atoms with van der Waals surface area (Å²) in [4.78, 5) is 37.9. The second kappa shape index (κ2) is 49.5. The maximum atomic E-state index is 12.8. The van der Waals surface area contributed by atoms with E-state index in [1.165, 1.54) is 128 Å². The number of hydrogen-bond acceptors (Lipinski definition) is 6. The van der Waals surface area contributed by atoms with E-state index < -0.39 is 6.10 Å². The van der Waals surface area contributed by atoms with Crippen LogP contribution in [-0.2, 0) is 28.6 Å². The fourth-order valence-electron chi connectivity index (χ4n) is 7.06. The van der Waals surface area contributed by atoms with Crippen LogP contribution in [0, 0.1) is 0 Å². The lowest BCUT2D eigenvalue weighted by Gasteiger charge is -2.18. The summed E-state index contributed by atoms with van der Waals surface area (Å²) in [6, 6.07) is 0. The Hall–Kier alpha value is -3.15. The zero-order valence-electron chi connectivity index (χ0n) is 39.9. The second-order valence-electron chi connectivity index (χ2n) is 16.9. The molecular weight excluding hydrogens is 757 g/mol. The van der Waals surface area contributed by atoms with Gasteiger partial charge in [0.05, 0.1) is 0 Å². The van der Waals surface area contributed by atoms with E-state index in [-0.39, 0.29) is 31.1 Å². The van der Waals surface area contributed by atoms with Crippen molar-refractivity contribution in [3.8, 4) is 0 Å². The van der Waals surface area contributed by atoms with Crippen molar-refractivity contribution in [1.29, 1.82) is 0 Å². The quantitative estimate of drug-likeness (QED) is 0.0263. The lowest BCUT2D eigenvalue weighted by atomic mass is 10.0. The normalized spacial score (nSPS) is 12.6. The fraction of sp³-hybridized carbons (Fsp3) is 0.727. The molecule has 1 atom stereocenters. The minimum absolute atomic E-state index is 0.0870. The molecule has 0 spiro atoms. The van der Waals surface area contributed by atoms with Gasteiger partial charge in [-0.05, 0) is 38.5 Å². The van der Waals surface area contributed by atoms with Crippen molar-refractivity contribution in [3.63, 3.8) is 0 Å². The molecule has 0 fully saturated rings. The lowest BCUT2D eigenvalue weighted by Crippen LogP contribution is -2.30. The number of hydrogen-bond donors (Lipinski definition) is 0. The Balaban J connectivity index is 4.45. The van der Waals surface area contributed by atoms with Crippen molar-refractivity contribution in [3.05, 3.63) is 72.9 Å². The Morgan fingerprint density at radius 2 is 0.639 bits per heavy atom. The van der Waals surface area contributed by atoms with E-state index in [1.54, 1.807) is 0 Å². The van der Waals surface area contributed by atoms with E-state index in [9.17, 15) is 14.4 Å². The molecule has 6 nitrogen and oxygen atoms in total. The highest BCUT2D eigenvalue weighted by atomic mass is 16.6. The predicted octanol–water partition coefficient (Wildman–Crippen LogP) is 16.6. The van der Waals surface area contributed by atoms with Gasteiger partial charge in [-0.2, -0.15) is 0 Å². The summed E-state index contributed by atoms with van der Waals surface area (Å²) in [5.41, 5.74) is 0. The van der Waals surface area contributed by atoms with Gasteiger partial charge in [-0.1, -0.05) is 254 Å². The van der Waals surface area contributed by atoms with Crippen LogP contribution in [0.4, 0.5) is 0 Å². The summed E-state index contributed by atoms with van der Waals surface area (Å²) in [6.45, 7) is 6.46. The van der Waals surface area contributed by atoms with Crippen molar-refractivity contribution in [2.45, 2.75) is 245 Å².